The Hall–Kier alpha value is -2.28. The maximum atomic E-state index is 10.1. The van der Waals surface area contributed by atoms with Crippen LogP contribution in [0, 0.1) is 0 Å². The van der Waals surface area contributed by atoms with E-state index < -0.39 is 0 Å². The molecule has 3 rings (SSSR count). The molecule has 3 aromatic carbocycles. The molecule has 0 aliphatic rings. The van der Waals surface area contributed by atoms with E-state index in [-0.39, 0.29) is 0 Å². The molecule has 0 radical (unpaired) electrons. The van der Waals surface area contributed by atoms with E-state index in [4.69, 9.17) is 0 Å². The molecular weight excluding hydrogens is 244 g/mol. The molecule has 1 N–H and O–H groups in total. The average Bonchev–Trinajstić information content (AvgIpc) is 2.47. The molecule has 1 heteroatoms. The summed E-state index contributed by atoms with van der Waals surface area (Å²) in [7, 11) is 0. The number of rotatable bonds is 2. The molecule has 0 heterocycles. The molecule has 0 spiro atoms. The van der Waals surface area contributed by atoms with E-state index in [1.165, 1.54) is 16.3 Å². The number of aromatic hydroxyl groups is 1. The number of fused-ring (bicyclic) bond motifs is 1. The van der Waals surface area contributed by atoms with Crippen molar-refractivity contribution in [3.8, 4) is 16.9 Å². The highest BCUT2D eigenvalue weighted by Gasteiger charge is 2.08. The first kappa shape index (κ1) is 12.7. The summed E-state index contributed by atoms with van der Waals surface area (Å²) >= 11 is 0. The number of benzene rings is 3. The highest BCUT2D eigenvalue weighted by atomic mass is 16.3. The molecule has 0 amide bonds. The molecule has 100 valence electrons. The molecule has 0 bridgehead atoms. The quantitative estimate of drug-likeness (QED) is 0.661. The van der Waals surface area contributed by atoms with Crippen molar-refractivity contribution in [2.75, 3.05) is 0 Å². The van der Waals surface area contributed by atoms with Gasteiger partial charge in [0.15, 0.2) is 0 Å². The van der Waals surface area contributed by atoms with Gasteiger partial charge in [0.2, 0.25) is 0 Å². The van der Waals surface area contributed by atoms with Gasteiger partial charge in [-0.1, -0.05) is 56.3 Å². The van der Waals surface area contributed by atoms with Gasteiger partial charge in [-0.3, -0.25) is 0 Å². The monoisotopic (exact) mass is 262 g/mol. The minimum Gasteiger partial charge on any atom is -0.507 e. The van der Waals surface area contributed by atoms with Crippen molar-refractivity contribution in [2.24, 2.45) is 0 Å². The van der Waals surface area contributed by atoms with Crippen molar-refractivity contribution in [2.45, 2.75) is 19.8 Å². The maximum absolute atomic E-state index is 10.1. The lowest BCUT2D eigenvalue weighted by molar-refractivity contribution is 0.477. The average molecular weight is 262 g/mol. The maximum Gasteiger partial charge on any atom is 0.123 e. The van der Waals surface area contributed by atoms with Crippen LogP contribution in [-0.4, -0.2) is 5.11 Å². The Morgan fingerprint density at radius 2 is 1.55 bits per heavy atom. The Balaban J connectivity index is 2.17. The van der Waals surface area contributed by atoms with Gasteiger partial charge in [0.05, 0.1) is 0 Å². The number of hydrogen-bond donors (Lipinski definition) is 1. The van der Waals surface area contributed by atoms with Crippen LogP contribution in [0.25, 0.3) is 21.9 Å². The molecular formula is C19H18O. The SMILES string of the molecule is CC(C)c1ccc(O)c(-c2ccc3ccccc3c2)c1. The van der Waals surface area contributed by atoms with Gasteiger partial charge in [-0.05, 0) is 46.0 Å². The summed E-state index contributed by atoms with van der Waals surface area (Å²) in [6.07, 6.45) is 0. The summed E-state index contributed by atoms with van der Waals surface area (Å²) in [5.74, 6) is 0.791. The summed E-state index contributed by atoms with van der Waals surface area (Å²) < 4.78 is 0. The normalized spacial score (nSPS) is 11.2. The van der Waals surface area contributed by atoms with Crippen molar-refractivity contribution in [1.82, 2.24) is 0 Å². The summed E-state index contributed by atoms with van der Waals surface area (Å²) in [6, 6.07) is 20.5. The zero-order valence-electron chi connectivity index (χ0n) is 11.8. The standard InChI is InChI=1S/C19H18O/c1-13(2)15-9-10-19(20)18(12-15)17-8-7-14-5-3-4-6-16(14)11-17/h3-13,20H,1-2H3. The van der Waals surface area contributed by atoms with Gasteiger partial charge in [0.1, 0.15) is 5.75 Å². The summed E-state index contributed by atoms with van der Waals surface area (Å²) in [6.45, 7) is 4.33. The van der Waals surface area contributed by atoms with Crippen molar-refractivity contribution in [3.63, 3.8) is 0 Å². The van der Waals surface area contributed by atoms with E-state index in [2.05, 4.69) is 50.2 Å². The van der Waals surface area contributed by atoms with Gasteiger partial charge in [0, 0.05) is 5.56 Å². The van der Waals surface area contributed by atoms with E-state index in [0.29, 0.717) is 11.7 Å². The predicted octanol–water partition coefficient (Wildman–Crippen LogP) is 5.34. The molecule has 1 nitrogen and oxygen atoms in total. The first-order valence-corrected chi connectivity index (χ1v) is 6.97. The lowest BCUT2D eigenvalue weighted by atomic mass is 9.95. The largest absolute Gasteiger partial charge is 0.507 e. The van der Waals surface area contributed by atoms with E-state index in [9.17, 15) is 5.11 Å². The Morgan fingerprint density at radius 1 is 0.800 bits per heavy atom. The highest BCUT2D eigenvalue weighted by molar-refractivity contribution is 5.88. The van der Waals surface area contributed by atoms with E-state index in [1.54, 1.807) is 6.07 Å². The molecule has 0 unspecified atom stereocenters. The van der Waals surface area contributed by atoms with E-state index in [1.807, 2.05) is 18.2 Å². The zero-order chi connectivity index (χ0) is 14.1. The fourth-order valence-electron chi connectivity index (χ4n) is 2.50. The first-order chi connectivity index (χ1) is 9.65. The number of hydrogen-bond acceptors (Lipinski definition) is 1. The van der Waals surface area contributed by atoms with Crippen molar-refractivity contribution >= 4 is 10.8 Å². The molecule has 0 aliphatic heterocycles. The third-order valence-corrected chi connectivity index (χ3v) is 3.75. The van der Waals surface area contributed by atoms with Crippen LogP contribution >= 0.6 is 0 Å². The summed E-state index contributed by atoms with van der Waals surface area (Å²) in [4.78, 5) is 0. The summed E-state index contributed by atoms with van der Waals surface area (Å²) in [5, 5.41) is 12.6. The third-order valence-electron chi connectivity index (χ3n) is 3.75. The minimum atomic E-state index is 0.338. The van der Waals surface area contributed by atoms with Crippen LogP contribution in [0.2, 0.25) is 0 Å². The zero-order valence-corrected chi connectivity index (χ0v) is 11.8. The molecule has 0 saturated heterocycles. The van der Waals surface area contributed by atoms with Gasteiger partial charge >= 0.3 is 0 Å². The third kappa shape index (κ3) is 2.27. The van der Waals surface area contributed by atoms with Crippen LogP contribution in [0.15, 0.2) is 60.7 Å². The van der Waals surface area contributed by atoms with Crippen LogP contribution in [0.3, 0.4) is 0 Å². The fraction of sp³-hybridized carbons (Fsp3) is 0.158. The number of phenolic OH excluding ortho intramolecular Hbond substituents is 1. The van der Waals surface area contributed by atoms with Crippen LogP contribution in [0.4, 0.5) is 0 Å². The topological polar surface area (TPSA) is 20.2 Å². The van der Waals surface area contributed by atoms with Gasteiger partial charge in [-0.2, -0.15) is 0 Å². The van der Waals surface area contributed by atoms with Gasteiger partial charge < -0.3 is 5.11 Å². The van der Waals surface area contributed by atoms with Crippen LogP contribution in [0.1, 0.15) is 25.3 Å². The Morgan fingerprint density at radius 3 is 2.30 bits per heavy atom. The van der Waals surface area contributed by atoms with E-state index >= 15 is 0 Å². The highest BCUT2D eigenvalue weighted by Crippen LogP contribution is 2.33. The van der Waals surface area contributed by atoms with Gasteiger partial charge in [0.25, 0.3) is 0 Å². The molecule has 0 aliphatic carbocycles. The van der Waals surface area contributed by atoms with Crippen molar-refractivity contribution in [3.05, 3.63) is 66.2 Å². The smallest absolute Gasteiger partial charge is 0.123 e. The molecule has 3 aromatic rings. The van der Waals surface area contributed by atoms with Gasteiger partial charge in [-0.15, -0.1) is 0 Å². The second-order valence-corrected chi connectivity index (χ2v) is 5.49. The van der Waals surface area contributed by atoms with Crippen LogP contribution < -0.4 is 0 Å². The number of phenols is 1. The predicted molar refractivity (Wildman–Crippen MR) is 85.1 cm³/mol. The fourth-order valence-corrected chi connectivity index (χ4v) is 2.50. The first-order valence-electron chi connectivity index (χ1n) is 6.97. The Bertz CT molecular complexity index is 757. The molecule has 0 atom stereocenters. The second-order valence-electron chi connectivity index (χ2n) is 5.49. The molecule has 0 saturated carbocycles. The molecule has 20 heavy (non-hydrogen) atoms. The van der Waals surface area contributed by atoms with Crippen molar-refractivity contribution < 1.29 is 5.11 Å². The second kappa shape index (κ2) is 5.01. The van der Waals surface area contributed by atoms with Crippen LogP contribution in [-0.2, 0) is 0 Å². The lowest BCUT2D eigenvalue weighted by Gasteiger charge is -2.11. The summed E-state index contributed by atoms with van der Waals surface area (Å²) in [5.41, 5.74) is 3.21. The minimum absolute atomic E-state index is 0.338. The Labute approximate surface area is 119 Å². The lowest BCUT2D eigenvalue weighted by Crippen LogP contribution is -1.89. The Kier molecular flexibility index (Phi) is 3.19. The molecule has 0 fully saturated rings. The molecule has 0 aromatic heterocycles. The van der Waals surface area contributed by atoms with E-state index in [0.717, 1.165) is 11.1 Å². The van der Waals surface area contributed by atoms with Crippen LogP contribution in [0.5, 0.6) is 5.75 Å². The van der Waals surface area contributed by atoms with Crippen molar-refractivity contribution in [1.29, 1.82) is 0 Å². The van der Waals surface area contributed by atoms with Gasteiger partial charge in [-0.25, -0.2) is 0 Å².